The summed E-state index contributed by atoms with van der Waals surface area (Å²) in [5.74, 6) is 1.63. The van der Waals surface area contributed by atoms with Gasteiger partial charge in [-0.3, -0.25) is 4.98 Å². The van der Waals surface area contributed by atoms with E-state index in [4.69, 9.17) is 16.3 Å². The van der Waals surface area contributed by atoms with Crippen molar-refractivity contribution in [2.24, 2.45) is 10.2 Å². The summed E-state index contributed by atoms with van der Waals surface area (Å²) in [6.07, 6.45) is 3.56. The predicted octanol–water partition coefficient (Wildman–Crippen LogP) is 5.20. The van der Waals surface area contributed by atoms with Gasteiger partial charge in [-0.1, -0.05) is 0 Å². The number of hydrogen-bond donors (Lipinski definition) is 0. The molecule has 0 fully saturated rings. The van der Waals surface area contributed by atoms with E-state index in [1.807, 2.05) is 26.0 Å². The number of hydrogen-bond acceptors (Lipinski definition) is 6. The Morgan fingerprint density at radius 3 is 2.44 bits per heavy atom. The van der Waals surface area contributed by atoms with Crippen LogP contribution in [0.1, 0.15) is 16.7 Å². The van der Waals surface area contributed by atoms with Gasteiger partial charge in [0.2, 0.25) is 11.2 Å². The van der Waals surface area contributed by atoms with Gasteiger partial charge in [-0.15, -0.1) is 5.11 Å². The van der Waals surface area contributed by atoms with E-state index in [1.54, 1.807) is 12.4 Å². The molecule has 0 radical (unpaired) electrons. The fraction of sp³-hybridized carbons (Fsp3) is 0.167. The Morgan fingerprint density at radius 1 is 1.00 bits per heavy atom. The third-order valence-corrected chi connectivity index (χ3v) is 4.16. The first-order valence-corrected chi connectivity index (χ1v) is 8.13. The lowest BCUT2D eigenvalue weighted by Crippen LogP contribution is -1.99. The zero-order valence-corrected chi connectivity index (χ0v) is 14.4. The molecule has 6 nitrogen and oxygen atoms in total. The van der Waals surface area contributed by atoms with Gasteiger partial charge in [0.25, 0.3) is 0 Å². The maximum atomic E-state index is 6.09. The maximum Gasteiger partial charge on any atom is 0.231 e. The molecule has 4 rings (SSSR count). The van der Waals surface area contributed by atoms with Crippen LogP contribution in [0.2, 0.25) is 5.28 Å². The van der Waals surface area contributed by atoms with E-state index in [-0.39, 0.29) is 5.28 Å². The molecule has 0 bridgehead atoms. The van der Waals surface area contributed by atoms with E-state index in [1.165, 1.54) is 0 Å². The molecule has 2 aromatic heterocycles. The molecule has 0 unspecified atom stereocenters. The predicted molar refractivity (Wildman–Crippen MR) is 94.5 cm³/mol. The fourth-order valence-electron chi connectivity index (χ4n) is 2.82. The van der Waals surface area contributed by atoms with Crippen LogP contribution in [0.5, 0.6) is 11.6 Å². The van der Waals surface area contributed by atoms with Gasteiger partial charge in [-0.25, -0.2) is 0 Å². The number of rotatable bonds is 3. The Hall–Kier alpha value is -2.86. The van der Waals surface area contributed by atoms with Crippen molar-refractivity contribution >= 4 is 17.4 Å². The standard InChI is InChI=1S/C18H14ClN5O/c1-10-7-13(12-3-5-20-6-4-12)8-11(2)15(10)25-17-14-9-21-24-16(14)22-18(19)23-17/h3-8H,9H2,1-2H3. The summed E-state index contributed by atoms with van der Waals surface area (Å²) in [4.78, 5) is 12.3. The molecule has 0 aliphatic carbocycles. The van der Waals surface area contributed by atoms with Crippen molar-refractivity contribution in [1.82, 2.24) is 15.0 Å². The van der Waals surface area contributed by atoms with Crippen molar-refractivity contribution in [2.75, 3.05) is 0 Å². The van der Waals surface area contributed by atoms with Crippen LogP contribution >= 0.6 is 11.6 Å². The molecule has 1 aliphatic heterocycles. The largest absolute Gasteiger partial charge is 0.438 e. The Kier molecular flexibility index (Phi) is 3.89. The zero-order valence-electron chi connectivity index (χ0n) is 13.7. The monoisotopic (exact) mass is 351 g/mol. The van der Waals surface area contributed by atoms with E-state index >= 15 is 0 Å². The Bertz CT molecular complexity index is 965. The highest BCUT2D eigenvalue weighted by Gasteiger charge is 2.20. The lowest BCUT2D eigenvalue weighted by Gasteiger charge is -2.14. The van der Waals surface area contributed by atoms with Crippen LogP contribution in [0.25, 0.3) is 11.1 Å². The number of ether oxygens (including phenoxy) is 1. The number of halogens is 1. The highest BCUT2D eigenvalue weighted by atomic mass is 35.5. The lowest BCUT2D eigenvalue weighted by atomic mass is 10.0. The zero-order chi connectivity index (χ0) is 17.4. The van der Waals surface area contributed by atoms with Gasteiger partial charge in [0.15, 0.2) is 5.82 Å². The number of benzene rings is 1. The number of nitrogens with zero attached hydrogens (tertiary/aromatic N) is 5. The average molecular weight is 352 g/mol. The molecular weight excluding hydrogens is 338 g/mol. The van der Waals surface area contributed by atoms with Gasteiger partial charge >= 0.3 is 0 Å². The van der Waals surface area contributed by atoms with Crippen molar-refractivity contribution < 1.29 is 4.74 Å². The lowest BCUT2D eigenvalue weighted by molar-refractivity contribution is 0.450. The van der Waals surface area contributed by atoms with E-state index < -0.39 is 0 Å². The van der Waals surface area contributed by atoms with Gasteiger partial charge in [0.1, 0.15) is 5.75 Å². The summed E-state index contributed by atoms with van der Waals surface area (Å²) >= 11 is 5.97. The van der Waals surface area contributed by atoms with Crippen LogP contribution in [0.15, 0.2) is 46.9 Å². The van der Waals surface area contributed by atoms with Crippen molar-refractivity contribution in [3.8, 4) is 22.8 Å². The summed E-state index contributed by atoms with van der Waals surface area (Å²) in [5.41, 5.74) is 4.97. The SMILES string of the molecule is Cc1cc(-c2ccncc2)cc(C)c1Oc1nc(Cl)nc2c1CN=N2. The molecule has 25 heavy (non-hydrogen) atoms. The molecule has 0 N–H and O–H groups in total. The summed E-state index contributed by atoms with van der Waals surface area (Å²) in [5, 5.41) is 8.03. The van der Waals surface area contributed by atoms with Gasteiger partial charge in [0, 0.05) is 12.4 Å². The average Bonchev–Trinajstić information content (AvgIpc) is 3.07. The molecule has 0 saturated carbocycles. The van der Waals surface area contributed by atoms with Crippen LogP contribution in [0.3, 0.4) is 0 Å². The highest BCUT2D eigenvalue weighted by molar-refractivity contribution is 6.28. The molecule has 124 valence electrons. The van der Waals surface area contributed by atoms with Crippen molar-refractivity contribution in [2.45, 2.75) is 20.4 Å². The van der Waals surface area contributed by atoms with Crippen LogP contribution in [-0.4, -0.2) is 15.0 Å². The van der Waals surface area contributed by atoms with E-state index in [0.717, 1.165) is 33.6 Å². The Morgan fingerprint density at radius 2 is 1.72 bits per heavy atom. The molecule has 0 saturated heterocycles. The second kappa shape index (κ2) is 6.22. The molecule has 1 aliphatic rings. The molecular formula is C18H14ClN5O. The van der Waals surface area contributed by atoms with Crippen molar-refractivity contribution in [1.29, 1.82) is 0 Å². The second-order valence-electron chi connectivity index (χ2n) is 5.78. The highest BCUT2D eigenvalue weighted by Crippen LogP contribution is 2.38. The second-order valence-corrected chi connectivity index (χ2v) is 6.11. The van der Waals surface area contributed by atoms with Gasteiger partial charge in [0.05, 0.1) is 12.1 Å². The van der Waals surface area contributed by atoms with Gasteiger partial charge in [-0.2, -0.15) is 15.1 Å². The van der Waals surface area contributed by atoms with Crippen LogP contribution in [-0.2, 0) is 6.54 Å². The molecule has 7 heteroatoms. The van der Waals surface area contributed by atoms with Crippen LogP contribution in [0, 0.1) is 13.8 Å². The normalized spacial score (nSPS) is 12.3. The van der Waals surface area contributed by atoms with E-state index in [9.17, 15) is 0 Å². The minimum absolute atomic E-state index is 0.0957. The quantitative estimate of drug-likeness (QED) is 0.608. The summed E-state index contributed by atoms with van der Waals surface area (Å²) < 4.78 is 6.09. The first-order valence-electron chi connectivity index (χ1n) is 7.75. The Balaban J connectivity index is 1.73. The summed E-state index contributed by atoms with van der Waals surface area (Å²) in [7, 11) is 0. The van der Waals surface area contributed by atoms with Gasteiger partial charge < -0.3 is 4.74 Å². The topological polar surface area (TPSA) is 72.6 Å². The number of azo groups is 1. The third kappa shape index (κ3) is 2.96. The third-order valence-electron chi connectivity index (χ3n) is 3.99. The number of pyridine rings is 1. The number of fused-ring (bicyclic) bond motifs is 1. The summed E-state index contributed by atoms with van der Waals surface area (Å²) in [6, 6.07) is 8.12. The summed E-state index contributed by atoms with van der Waals surface area (Å²) in [6.45, 7) is 4.41. The van der Waals surface area contributed by atoms with E-state index in [2.05, 4.69) is 37.3 Å². The minimum atomic E-state index is 0.0957. The molecule has 3 aromatic rings. The molecule has 0 amide bonds. The molecule has 0 spiro atoms. The fourth-order valence-corrected chi connectivity index (χ4v) is 2.98. The molecule has 1 aromatic carbocycles. The van der Waals surface area contributed by atoms with E-state index in [0.29, 0.717) is 18.2 Å². The first-order chi connectivity index (χ1) is 12.1. The number of aryl methyl sites for hydroxylation is 2. The van der Waals surface area contributed by atoms with Crippen molar-refractivity contribution in [3.63, 3.8) is 0 Å². The molecule has 0 atom stereocenters. The van der Waals surface area contributed by atoms with Crippen LogP contribution < -0.4 is 4.74 Å². The smallest absolute Gasteiger partial charge is 0.231 e. The Labute approximate surface area is 149 Å². The minimum Gasteiger partial charge on any atom is -0.438 e. The van der Waals surface area contributed by atoms with Crippen molar-refractivity contribution in [3.05, 3.63) is 58.6 Å². The number of aromatic nitrogens is 3. The van der Waals surface area contributed by atoms with Crippen LogP contribution in [0.4, 0.5) is 5.82 Å². The molecule has 3 heterocycles. The first kappa shape index (κ1) is 15.7. The van der Waals surface area contributed by atoms with Gasteiger partial charge in [-0.05, 0) is 72.0 Å². The maximum absolute atomic E-state index is 6.09.